The molecule has 0 spiro atoms. The number of fused-ring (bicyclic) bond motifs is 5. The van der Waals surface area contributed by atoms with Gasteiger partial charge in [-0.25, -0.2) is 0 Å². The van der Waals surface area contributed by atoms with E-state index in [2.05, 4.69) is 4.74 Å². The molecule has 1 aliphatic heterocycles. The Hall–Kier alpha value is -2.15. The molecule has 2 aliphatic carbocycles. The third-order valence-corrected chi connectivity index (χ3v) is 5.17. The van der Waals surface area contributed by atoms with Gasteiger partial charge >= 0.3 is 6.18 Å². The fraction of sp³-hybridized carbons (Fsp3) is 0.444. The van der Waals surface area contributed by atoms with Crippen molar-refractivity contribution in [3.05, 3.63) is 42.0 Å². The molecule has 1 aromatic carbocycles. The molecule has 4 unspecified atom stereocenters. The number of ether oxygens (including phenoxy) is 1. The second-order valence-electron chi connectivity index (χ2n) is 6.79. The van der Waals surface area contributed by atoms with Gasteiger partial charge in [0.15, 0.2) is 0 Å². The molecule has 4 rings (SSSR count). The van der Waals surface area contributed by atoms with Crippen LogP contribution in [-0.2, 0) is 20.9 Å². The molecule has 1 heterocycles. The van der Waals surface area contributed by atoms with Crippen molar-refractivity contribution in [1.82, 2.24) is 0 Å². The Balaban J connectivity index is 1.52. The van der Waals surface area contributed by atoms with E-state index in [4.69, 9.17) is 0 Å². The van der Waals surface area contributed by atoms with E-state index in [-0.39, 0.29) is 42.1 Å². The summed E-state index contributed by atoms with van der Waals surface area (Å²) >= 11 is 0. The molecule has 2 bridgehead atoms. The van der Waals surface area contributed by atoms with Crippen LogP contribution in [0.3, 0.4) is 0 Å². The Bertz CT molecular complexity index is 728. The van der Waals surface area contributed by atoms with Gasteiger partial charge in [-0.1, -0.05) is 24.3 Å². The van der Waals surface area contributed by atoms with E-state index in [9.17, 15) is 22.8 Å². The topological polar surface area (TPSA) is 46.6 Å². The molecular weight excluding hydrogens is 335 g/mol. The van der Waals surface area contributed by atoms with Crippen molar-refractivity contribution in [3.8, 4) is 0 Å². The van der Waals surface area contributed by atoms with Gasteiger partial charge in [0, 0.05) is 0 Å². The molecule has 0 radical (unpaired) electrons. The predicted molar refractivity (Wildman–Crippen MR) is 82.4 cm³/mol. The van der Waals surface area contributed by atoms with Gasteiger partial charge in [0.2, 0.25) is 11.8 Å². The summed E-state index contributed by atoms with van der Waals surface area (Å²) < 4.78 is 41.2. The van der Waals surface area contributed by atoms with E-state index in [1.54, 1.807) is 24.3 Å². The monoisotopic (exact) mass is 351 g/mol. The molecule has 132 valence electrons. The number of alkyl halides is 3. The minimum absolute atomic E-state index is 0.120. The highest BCUT2D eigenvalue weighted by Gasteiger charge is 2.59. The molecule has 4 atom stereocenters. The second-order valence-corrected chi connectivity index (χ2v) is 6.79. The summed E-state index contributed by atoms with van der Waals surface area (Å²) in [5.74, 6) is -0.773. The first-order valence-electron chi connectivity index (χ1n) is 8.15. The molecular formula is C18H16F3NO3. The van der Waals surface area contributed by atoms with E-state index in [1.165, 1.54) is 4.90 Å². The molecule has 3 aliphatic rings. The van der Waals surface area contributed by atoms with Gasteiger partial charge in [-0.05, 0) is 36.0 Å². The number of anilines is 1. The van der Waals surface area contributed by atoms with Crippen LogP contribution in [0, 0.1) is 23.7 Å². The Kier molecular flexibility index (Phi) is 3.72. The van der Waals surface area contributed by atoms with Gasteiger partial charge in [-0.2, -0.15) is 13.2 Å². The van der Waals surface area contributed by atoms with Crippen LogP contribution in [0.1, 0.15) is 12.0 Å². The summed E-state index contributed by atoms with van der Waals surface area (Å²) in [5.41, 5.74) is 0.886. The van der Waals surface area contributed by atoms with Crippen LogP contribution < -0.4 is 4.90 Å². The van der Waals surface area contributed by atoms with Crippen LogP contribution in [0.4, 0.5) is 18.9 Å². The first-order valence-corrected chi connectivity index (χ1v) is 8.15. The average Bonchev–Trinajstić information content (AvgIpc) is 3.20. The first kappa shape index (κ1) is 16.3. The van der Waals surface area contributed by atoms with E-state index >= 15 is 0 Å². The number of imide groups is 1. The van der Waals surface area contributed by atoms with Crippen LogP contribution in [0.15, 0.2) is 36.4 Å². The standard InChI is InChI=1S/C18H16F3NO3/c19-18(20,21)9-25-8-10-2-1-3-13(6-10)22-16(23)14-11-4-5-12(7-11)15(14)17(22)24/h1-6,11-12,14-15H,7-9H2. The Labute approximate surface area is 142 Å². The second kappa shape index (κ2) is 5.69. The van der Waals surface area contributed by atoms with E-state index in [1.807, 2.05) is 12.2 Å². The van der Waals surface area contributed by atoms with Crippen LogP contribution in [0.5, 0.6) is 0 Å². The van der Waals surface area contributed by atoms with E-state index in [0.29, 0.717) is 11.3 Å². The lowest BCUT2D eigenvalue weighted by Crippen LogP contribution is -2.32. The lowest BCUT2D eigenvalue weighted by atomic mass is 9.85. The fourth-order valence-electron chi connectivity index (χ4n) is 4.23. The smallest absolute Gasteiger partial charge is 0.367 e. The third kappa shape index (κ3) is 2.76. The van der Waals surface area contributed by atoms with Crippen molar-refractivity contribution in [2.45, 2.75) is 19.2 Å². The predicted octanol–water partition coefficient (Wildman–Crippen LogP) is 3.08. The van der Waals surface area contributed by atoms with Gasteiger partial charge in [-0.15, -0.1) is 0 Å². The van der Waals surface area contributed by atoms with Gasteiger partial charge < -0.3 is 4.74 Å². The highest BCUT2D eigenvalue weighted by Crippen LogP contribution is 2.53. The highest BCUT2D eigenvalue weighted by molar-refractivity contribution is 6.22. The Morgan fingerprint density at radius 1 is 1.08 bits per heavy atom. The summed E-state index contributed by atoms with van der Waals surface area (Å²) in [6.07, 6.45) is 0.498. The number of hydrogen-bond acceptors (Lipinski definition) is 3. The average molecular weight is 351 g/mol. The zero-order valence-electron chi connectivity index (χ0n) is 13.2. The summed E-state index contributed by atoms with van der Waals surface area (Å²) in [4.78, 5) is 26.7. The van der Waals surface area contributed by atoms with Crippen LogP contribution in [-0.4, -0.2) is 24.6 Å². The van der Waals surface area contributed by atoms with Crippen molar-refractivity contribution in [2.75, 3.05) is 11.5 Å². The zero-order chi connectivity index (χ0) is 17.8. The van der Waals surface area contributed by atoms with Gasteiger partial charge in [0.1, 0.15) is 6.61 Å². The number of carbonyl (C=O) groups is 2. The summed E-state index contributed by atoms with van der Waals surface area (Å²) in [6, 6.07) is 6.39. The molecule has 2 amide bonds. The number of halogens is 3. The maximum absolute atomic E-state index is 12.7. The van der Waals surface area contributed by atoms with Crippen LogP contribution in [0.2, 0.25) is 0 Å². The van der Waals surface area contributed by atoms with Crippen molar-refractivity contribution in [3.63, 3.8) is 0 Å². The number of nitrogens with zero attached hydrogens (tertiary/aromatic N) is 1. The molecule has 0 N–H and O–H groups in total. The molecule has 2 fully saturated rings. The zero-order valence-corrected chi connectivity index (χ0v) is 13.2. The van der Waals surface area contributed by atoms with Gasteiger partial charge in [-0.3, -0.25) is 14.5 Å². The van der Waals surface area contributed by atoms with Crippen molar-refractivity contribution in [1.29, 1.82) is 0 Å². The molecule has 1 saturated carbocycles. The van der Waals surface area contributed by atoms with Crippen molar-refractivity contribution < 1.29 is 27.5 Å². The molecule has 25 heavy (non-hydrogen) atoms. The quantitative estimate of drug-likeness (QED) is 0.619. The number of amides is 2. The minimum atomic E-state index is -4.39. The normalized spacial score (nSPS) is 30.4. The van der Waals surface area contributed by atoms with Crippen LogP contribution >= 0.6 is 0 Å². The minimum Gasteiger partial charge on any atom is -0.367 e. The van der Waals surface area contributed by atoms with Gasteiger partial charge in [0.25, 0.3) is 0 Å². The number of allylic oxidation sites excluding steroid dienone is 2. The third-order valence-electron chi connectivity index (χ3n) is 5.17. The highest BCUT2D eigenvalue weighted by atomic mass is 19.4. The number of benzene rings is 1. The van der Waals surface area contributed by atoms with E-state index < -0.39 is 12.8 Å². The molecule has 0 aromatic heterocycles. The summed E-state index contributed by atoms with van der Waals surface area (Å²) in [6.45, 7) is -1.57. The molecule has 7 heteroatoms. The van der Waals surface area contributed by atoms with Crippen molar-refractivity contribution >= 4 is 17.5 Å². The first-order chi connectivity index (χ1) is 11.8. The lowest BCUT2D eigenvalue weighted by molar-refractivity contribution is -0.176. The molecule has 4 nitrogen and oxygen atoms in total. The lowest BCUT2D eigenvalue weighted by Gasteiger charge is -2.18. The van der Waals surface area contributed by atoms with Gasteiger partial charge in [0.05, 0.1) is 24.1 Å². The fourth-order valence-corrected chi connectivity index (χ4v) is 4.23. The summed E-state index contributed by atoms with van der Waals surface area (Å²) in [7, 11) is 0. The Morgan fingerprint density at radius 2 is 1.72 bits per heavy atom. The van der Waals surface area contributed by atoms with Crippen LogP contribution in [0.25, 0.3) is 0 Å². The van der Waals surface area contributed by atoms with E-state index in [0.717, 1.165) is 6.42 Å². The largest absolute Gasteiger partial charge is 0.411 e. The SMILES string of the molecule is O=C1C2C3C=CC(C3)C2C(=O)N1c1cccc(COCC(F)(F)F)c1. The maximum atomic E-state index is 12.7. The number of hydrogen-bond donors (Lipinski definition) is 0. The molecule has 1 saturated heterocycles. The molecule has 1 aromatic rings. The Morgan fingerprint density at radius 3 is 2.32 bits per heavy atom. The maximum Gasteiger partial charge on any atom is 0.411 e. The number of carbonyl (C=O) groups excluding carboxylic acids is 2. The number of rotatable bonds is 4. The van der Waals surface area contributed by atoms with Crippen molar-refractivity contribution in [2.24, 2.45) is 23.7 Å². The summed E-state index contributed by atoms with van der Waals surface area (Å²) in [5, 5.41) is 0.